The topological polar surface area (TPSA) is 78.0 Å². The Morgan fingerprint density at radius 1 is 0.976 bits per heavy atom. The Morgan fingerprint density at radius 2 is 1.73 bits per heavy atom. The first-order valence-corrected chi connectivity index (χ1v) is 15.1. The van der Waals surface area contributed by atoms with Crippen molar-refractivity contribution in [1.82, 2.24) is 14.8 Å². The molecule has 0 aliphatic carbocycles. The van der Waals surface area contributed by atoms with E-state index in [1.165, 1.54) is 5.56 Å². The number of pyridine rings is 1. The van der Waals surface area contributed by atoms with Crippen LogP contribution in [0.5, 0.6) is 11.6 Å². The SMILES string of the molecule is O=c1cc[nH]c2c1C(=CCCN1CCC(O)(c3ccc(Cl)cc3)CC1)Cc1c(CCN3CCOCC3)cccc1O2. The van der Waals surface area contributed by atoms with Gasteiger partial charge in [-0.15, -0.1) is 0 Å². The van der Waals surface area contributed by atoms with Crippen molar-refractivity contribution in [2.45, 2.75) is 37.7 Å². The Bertz CT molecular complexity index is 1440. The van der Waals surface area contributed by atoms with Crippen LogP contribution >= 0.6 is 11.6 Å². The number of rotatable bonds is 7. The average Bonchev–Trinajstić information content (AvgIpc) is 3.15. The van der Waals surface area contributed by atoms with Gasteiger partial charge >= 0.3 is 0 Å². The number of benzene rings is 2. The number of aromatic amines is 1. The Hall–Kier alpha value is -2.94. The van der Waals surface area contributed by atoms with Crippen molar-refractivity contribution in [2.24, 2.45) is 0 Å². The summed E-state index contributed by atoms with van der Waals surface area (Å²) >= 11 is 6.05. The fraction of sp³-hybridized carbons (Fsp3) is 0.424. The fourth-order valence-corrected chi connectivity index (χ4v) is 6.40. The second-order valence-corrected chi connectivity index (χ2v) is 11.8. The summed E-state index contributed by atoms with van der Waals surface area (Å²) in [6, 6.07) is 15.4. The molecule has 0 atom stereocenters. The third-order valence-electron chi connectivity index (χ3n) is 8.75. The summed E-state index contributed by atoms with van der Waals surface area (Å²) in [4.78, 5) is 21.1. The molecule has 3 aliphatic rings. The highest BCUT2D eigenvalue weighted by molar-refractivity contribution is 6.30. The van der Waals surface area contributed by atoms with E-state index in [0.29, 0.717) is 35.7 Å². The maximum atomic E-state index is 13.1. The Kier molecular flexibility index (Phi) is 8.60. The second kappa shape index (κ2) is 12.5. The Labute approximate surface area is 246 Å². The minimum Gasteiger partial charge on any atom is -0.440 e. The average molecular weight is 576 g/mol. The van der Waals surface area contributed by atoms with Crippen LogP contribution in [0, 0.1) is 0 Å². The van der Waals surface area contributed by atoms with Gasteiger partial charge in [-0.05, 0) is 60.6 Å². The first-order chi connectivity index (χ1) is 20.0. The smallest absolute Gasteiger partial charge is 0.208 e. The van der Waals surface area contributed by atoms with Crippen LogP contribution < -0.4 is 10.2 Å². The molecule has 3 aliphatic heterocycles. The van der Waals surface area contributed by atoms with Crippen LogP contribution in [0.3, 0.4) is 0 Å². The van der Waals surface area contributed by atoms with E-state index in [0.717, 1.165) is 87.8 Å². The van der Waals surface area contributed by atoms with Gasteiger partial charge in [-0.1, -0.05) is 41.9 Å². The summed E-state index contributed by atoms with van der Waals surface area (Å²) in [6.45, 7) is 6.98. The lowest BCUT2D eigenvalue weighted by Crippen LogP contribution is -2.42. The molecule has 3 aromatic rings. The number of nitrogens with one attached hydrogen (secondary N) is 1. The van der Waals surface area contributed by atoms with Gasteiger partial charge < -0.3 is 24.5 Å². The predicted octanol–water partition coefficient (Wildman–Crippen LogP) is 5.01. The van der Waals surface area contributed by atoms with Crippen LogP contribution in [0.15, 0.2) is 65.6 Å². The predicted molar refractivity (Wildman–Crippen MR) is 162 cm³/mol. The number of hydrogen-bond donors (Lipinski definition) is 2. The van der Waals surface area contributed by atoms with E-state index >= 15 is 0 Å². The van der Waals surface area contributed by atoms with E-state index in [9.17, 15) is 9.90 Å². The zero-order valence-electron chi connectivity index (χ0n) is 23.4. The van der Waals surface area contributed by atoms with Crippen molar-refractivity contribution < 1.29 is 14.6 Å². The lowest BCUT2D eigenvalue weighted by molar-refractivity contribution is -0.0254. The fourth-order valence-electron chi connectivity index (χ4n) is 6.27. The molecule has 4 heterocycles. The Morgan fingerprint density at radius 3 is 2.51 bits per heavy atom. The number of hydrogen-bond acceptors (Lipinski definition) is 6. The summed E-state index contributed by atoms with van der Waals surface area (Å²) in [7, 11) is 0. The molecule has 7 nitrogen and oxygen atoms in total. The van der Waals surface area contributed by atoms with E-state index in [1.807, 2.05) is 36.4 Å². The quantitative estimate of drug-likeness (QED) is 0.412. The summed E-state index contributed by atoms with van der Waals surface area (Å²) < 4.78 is 11.9. The highest BCUT2D eigenvalue weighted by Crippen LogP contribution is 2.38. The maximum absolute atomic E-state index is 13.1. The number of morpholine rings is 1. The number of aromatic nitrogens is 1. The number of ether oxygens (including phenoxy) is 2. The van der Waals surface area contributed by atoms with E-state index in [-0.39, 0.29) is 5.43 Å². The van der Waals surface area contributed by atoms with Crippen LogP contribution in [0.4, 0.5) is 0 Å². The van der Waals surface area contributed by atoms with Crippen molar-refractivity contribution >= 4 is 17.2 Å². The molecule has 0 unspecified atom stereocenters. The molecule has 0 spiro atoms. The second-order valence-electron chi connectivity index (χ2n) is 11.3. The van der Waals surface area contributed by atoms with Gasteiger partial charge in [-0.3, -0.25) is 9.69 Å². The van der Waals surface area contributed by atoms with Crippen LogP contribution in [-0.2, 0) is 23.2 Å². The maximum Gasteiger partial charge on any atom is 0.208 e. The number of H-pyrrole nitrogens is 1. The van der Waals surface area contributed by atoms with Crippen molar-refractivity contribution in [2.75, 3.05) is 52.5 Å². The van der Waals surface area contributed by atoms with Crippen LogP contribution in [-0.4, -0.2) is 72.4 Å². The zero-order chi connectivity index (χ0) is 28.2. The summed E-state index contributed by atoms with van der Waals surface area (Å²) in [5, 5.41) is 11.9. The molecule has 6 rings (SSSR count). The highest BCUT2D eigenvalue weighted by atomic mass is 35.5. The normalized spacial score (nSPS) is 20.2. The first kappa shape index (κ1) is 28.2. The van der Waals surface area contributed by atoms with Crippen LogP contribution in [0.25, 0.3) is 5.57 Å². The van der Waals surface area contributed by atoms with E-state index in [1.54, 1.807) is 12.3 Å². The van der Waals surface area contributed by atoms with Gasteiger partial charge in [-0.25, -0.2) is 0 Å². The van der Waals surface area contributed by atoms with Crippen molar-refractivity contribution in [3.8, 4) is 11.6 Å². The molecule has 2 saturated heterocycles. The molecule has 2 fully saturated rings. The van der Waals surface area contributed by atoms with E-state index in [2.05, 4.69) is 26.9 Å². The molecule has 0 saturated carbocycles. The molecule has 0 bridgehead atoms. The molecule has 2 aromatic carbocycles. The molecule has 8 heteroatoms. The molecule has 0 amide bonds. The molecule has 2 N–H and O–H groups in total. The van der Waals surface area contributed by atoms with Gasteiger partial charge in [-0.2, -0.15) is 0 Å². The molecular weight excluding hydrogens is 538 g/mol. The number of allylic oxidation sites excluding steroid dienone is 1. The largest absolute Gasteiger partial charge is 0.440 e. The summed E-state index contributed by atoms with van der Waals surface area (Å²) in [5.74, 6) is 1.33. The molecule has 41 heavy (non-hydrogen) atoms. The summed E-state index contributed by atoms with van der Waals surface area (Å²) in [5.41, 5.74) is 4.14. The number of likely N-dealkylation sites (tertiary alicyclic amines) is 1. The first-order valence-electron chi connectivity index (χ1n) is 14.7. The number of piperidine rings is 1. The molecule has 216 valence electrons. The standard InChI is InChI=1S/C33H38ClN3O4/c34-27-8-6-26(7-9-27)33(39)12-17-36(18-13-33)15-2-4-25-23-28-24(11-16-37-19-21-40-22-20-37)3-1-5-30(28)41-32-31(25)29(38)10-14-35-32/h1,3-10,14,39H,2,11-13,15-23H2,(H,35,38). The van der Waals surface area contributed by atoms with E-state index < -0.39 is 5.60 Å². The van der Waals surface area contributed by atoms with Gasteiger partial charge in [0, 0.05) is 68.5 Å². The summed E-state index contributed by atoms with van der Waals surface area (Å²) in [6.07, 6.45) is 7.63. The van der Waals surface area contributed by atoms with Crippen molar-refractivity contribution in [1.29, 1.82) is 0 Å². The van der Waals surface area contributed by atoms with Gasteiger partial charge in [0.2, 0.25) is 5.88 Å². The lowest BCUT2D eigenvalue weighted by atomic mass is 9.84. The van der Waals surface area contributed by atoms with Crippen molar-refractivity contribution in [3.05, 3.63) is 98.3 Å². The molecule has 0 radical (unpaired) electrons. The monoisotopic (exact) mass is 575 g/mol. The number of fused-ring (bicyclic) bond motifs is 2. The van der Waals surface area contributed by atoms with Crippen LogP contribution in [0.1, 0.15) is 41.5 Å². The third kappa shape index (κ3) is 6.45. The van der Waals surface area contributed by atoms with Gasteiger partial charge in [0.15, 0.2) is 5.43 Å². The lowest BCUT2D eigenvalue weighted by Gasteiger charge is -2.38. The number of halogens is 1. The third-order valence-corrected chi connectivity index (χ3v) is 9.01. The number of aliphatic hydroxyl groups is 1. The van der Waals surface area contributed by atoms with Crippen LogP contribution in [0.2, 0.25) is 5.02 Å². The van der Waals surface area contributed by atoms with Gasteiger partial charge in [0.1, 0.15) is 5.75 Å². The zero-order valence-corrected chi connectivity index (χ0v) is 24.2. The minimum atomic E-state index is -0.814. The van der Waals surface area contributed by atoms with Gasteiger partial charge in [0.05, 0.1) is 24.4 Å². The highest BCUT2D eigenvalue weighted by Gasteiger charge is 2.33. The van der Waals surface area contributed by atoms with E-state index in [4.69, 9.17) is 21.1 Å². The minimum absolute atomic E-state index is 0.0290. The number of nitrogens with zero attached hydrogens (tertiary/aromatic N) is 2. The van der Waals surface area contributed by atoms with Gasteiger partial charge in [0.25, 0.3) is 0 Å². The Balaban J connectivity index is 1.17. The van der Waals surface area contributed by atoms with Crippen molar-refractivity contribution in [3.63, 3.8) is 0 Å². The molecule has 1 aromatic heterocycles. The molecular formula is C33H38ClN3O4.